The Balaban J connectivity index is 1.56. The first-order valence-electron chi connectivity index (χ1n) is 7.59. The summed E-state index contributed by atoms with van der Waals surface area (Å²) in [7, 11) is -6.36. The number of carbonyl (C=O) groups is 2. The van der Waals surface area contributed by atoms with Crippen molar-refractivity contribution >= 4 is 22.1 Å². The largest absolute Gasteiger partial charge is 0.465 e. The van der Waals surface area contributed by atoms with Crippen LogP contribution >= 0.6 is 0 Å². The summed E-state index contributed by atoms with van der Waals surface area (Å²) >= 11 is 0. The minimum atomic E-state index is -6.36. The standard InChI is InChI=1S/C13H14F4O8S/c14-12(15,13(16,17)26(20,21)22)2-1-8(18)24-7-3-6-5-4-23-11(19)9(5)10(7)25-6/h5-7,9-10H,1-4H2,(H,20,21,22). The molecule has 0 saturated carbocycles. The molecule has 1 N–H and O–H groups in total. The van der Waals surface area contributed by atoms with E-state index in [1.165, 1.54) is 0 Å². The molecule has 0 aromatic heterocycles. The van der Waals surface area contributed by atoms with Crippen LogP contribution in [-0.4, -0.2) is 61.0 Å². The van der Waals surface area contributed by atoms with Gasteiger partial charge in [0.1, 0.15) is 12.2 Å². The summed E-state index contributed by atoms with van der Waals surface area (Å²) in [6.07, 6.45) is -4.94. The van der Waals surface area contributed by atoms with Gasteiger partial charge in [-0.15, -0.1) is 0 Å². The van der Waals surface area contributed by atoms with Crippen LogP contribution in [0.15, 0.2) is 0 Å². The van der Waals surface area contributed by atoms with E-state index in [4.69, 9.17) is 18.8 Å². The summed E-state index contributed by atoms with van der Waals surface area (Å²) in [6, 6.07) is 0. The van der Waals surface area contributed by atoms with E-state index in [1.807, 2.05) is 0 Å². The summed E-state index contributed by atoms with van der Waals surface area (Å²) in [6.45, 7) is 0.183. The lowest BCUT2D eigenvalue weighted by atomic mass is 9.80. The monoisotopic (exact) mass is 406 g/mol. The van der Waals surface area contributed by atoms with Crippen LogP contribution < -0.4 is 0 Å². The van der Waals surface area contributed by atoms with Gasteiger partial charge in [0.05, 0.1) is 25.0 Å². The van der Waals surface area contributed by atoms with Crippen molar-refractivity contribution < 1.29 is 54.3 Å². The van der Waals surface area contributed by atoms with Gasteiger partial charge in [0.2, 0.25) is 0 Å². The van der Waals surface area contributed by atoms with Crippen molar-refractivity contribution in [3.63, 3.8) is 0 Å². The van der Waals surface area contributed by atoms with Crippen LogP contribution in [0.1, 0.15) is 19.3 Å². The third-order valence-corrected chi connectivity index (χ3v) is 5.77. The van der Waals surface area contributed by atoms with Gasteiger partial charge < -0.3 is 14.2 Å². The van der Waals surface area contributed by atoms with E-state index in [-0.39, 0.29) is 25.0 Å². The zero-order chi connectivity index (χ0) is 19.5. The SMILES string of the molecule is O=C(CCC(F)(F)C(F)(F)S(=O)(=O)O)OC1CC2OC1C1C(=O)OCC21. The quantitative estimate of drug-likeness (QED) is 0.390. The predicted molar refractivity (Wildman–Crippen MR) is 71.8 cm³/mol. The van der Waals surface area contributed by atoms with E-state index < -0.39 is 64.2 Å². The highest BCUT2D eigenvalue weighted by Gasteiger charge is 2.65. The molecular weight excluding hydrogens is 392 g/mol. The molecule has 13 heteroatoms. The fourth-order valence-electron chi connectivity index (χ4n) is 3.51. The van der Waals surface area contributed by atoms with Crippen LogP contribution in [0.5, 0.6) is 0 Å². The molecule has 3 saturated heterocycles. The van der Waals surface area contributed by atoms with Gasteiger partial charge >= 0.3 is 33.2 Å². The number of hydrogen-bond acceptors (Lipinski definition) is 7. The molecule has 0 amide bonds. The summed E-state index contributed by atoms with van der Waals surface area (Å²) in [5.41, 5.74) is 0. The second-order valence-corrected chi connectivity index (χ2v) is 7.88. The maximum atomic E-state index is 13.4. The van der Waals surface area contributed by atoms with Crippen molar-refractivity contribution in [3.8, 4) is 0 Å². The Morgan fingerprint density at radius 2 is 1.96 bits per heavy atom. The van der Waals surface area contributed by atoms with Crippen molar-refractivity contribution in [1.82, 2.24) is 0 Å². The first-order valence-corrected chi connectivity index (χ1v) is 9.03. The van der Waals surface area contributed by atoms with Crippen LogP contribution in [-0.2, 0) is 33.9 Å². The molecule has 8 nitrogen and oxygen atoms in total. The summed E-state index contributed by atoms with van der Waals surface area (Å²) in [5, 5.41) is -5.74. The van der Waals surface area contributed by atoms with E-state index in [0.29, 0.717) is 0 Å². The number of halogens is 4. The van der Waals surface area contributed by atoms with Gasteiger partial charge in [0, 0.05) is 18.8 Å². The first kappa shape index (κ1) is 19.3. The number of fused-ring (bicyclic) bond motifs is 5. The van der Waals surface area contributed by atoms with Crippen LogP contribution in [0, 0.1) is 11.8 Å². The minimum absolute atomic E-state index is 0.166. The maximum Gasteiger partial charge on any atom is 0.431 e. The average molecular weight is 406 g/mol. The van der Waals surface area contributed by atoms with Gasteiger partial charge in [0.15, 0.2) is 0 Å². The van der Waals surface area contributed by atoms with Gasteiger partial charge in [-0.2, -0.15) is 26.0 Å². The highest BCUT2D eigenvalue weighted by Crippen LogP contribution is 2.48. The Kier molecular flexibility index (Phi) is 4.47. The molecule has 0 radical (unpaired) electrons. The Labute approximate surface area is 144 Å². The van der Waals surface area contributed by atoms with Crippen molar-refractivity contribution in [2.75, 3.05) is 6.61 Å². The van der Waals surface area contributed by atoms with E-state index in [1.54, 1.807) is 0 Å². The molecule has 3 fully saturated rings. The van der Waals surface area contributed by atoms with Crippen LogP contribution in [0.3, 0.4) is 0 Å². The number of alkyl halides is 4. The highest BCUT2D eigenvalue weighted by molar-refractivity contribution is 7.87. The predicted octanol–water partition coefficient (Wildman–Crippen LogP) is 0.755. The number of ether oxygens (including phenoxy) is 3. The third kappa shape index (κ3) is 2.95. The number of hydrogen-bond donors (Lipinski definition) is 1. The van der Waals surface area contributed by atoms with Crippen LogP contribution in [0.4, 0.5) is 17.6 Å². The lowest BCUT2D eigenvalue weighted by Gasteiger charge is -2.26. The van der Waals surface area contributed by atoms with Crippen molar-refractivity contribution in [1.29, 1.82) is 0 Å². The minimum Gasteiger partial charge on any atom is -0.465 e. The van der Waals surface area contributed by atoms with Gasteiger partial charge in [-0.25, -0.2) is 0 Å². The zero-order valence-electron chi connectivity index (χ0n) is 12.9. The van der Waals surface area contributed by atoms with E-state index in [0.717, 1.165) is 0 Å². The Bertz CT molecular complexity index is 724. The fourth-order valence-corrected chi connectivity index (χ4v) is 3.98. The topological polar surface area (TPSA) is 116 Å². The maximum absolute atomic E-state index is 13.4. The van der Waals surface area contributed by atoms with E-state index in [2.05, 4.69) is 0 Å². The molecule has 3 rings (SSSR count). The summed E-state index contributed by atoms with van der Waals surface area (Å²) in [4.78, 5) is 23.3. The first-order chi connectivity index (χ1) is 11.8. The molecule has 3 aliphatic rings. The molecule has 0 spiro atoms. The lowest BCUT2D eigenvalue weighted by Crippen LogP contribution is -2.47. The Morgan fingerprint density at radius 1 is 1.31 bits per heavy atom. The van der Waals surface area contributed by atoms with Crippen molar-refractivity contribution in [3.05, 3.63) is 0 Å². The number of rotatable bonds is 6. The van der Waals surface area contributed by atoms with E-state index in [9.17, 15) is 35.6 Å². The molecule has 3 heterocycles. The average Bonchev–Trinajstić information content (AvgIpc) is 3.17. The molecule has 5 atom stereocenters. The van der Waals surface area contributed by atoms with Gasteiger partial charge in [-0.05, 0) is 0 Å². The molecule has 3 aliphatic heterocycles. The van der Waals surface area contributed by atoms with Gasteiger partial charge in [-0.1, -0.05) is 0 Å². The second-order valence-electron chi connectivity index (χ2n) is 6.42. The van der Waals surface area contributed by atoms with Gasteiger partial charge in [0.25, 0.3) is 0 Å². The number of cyclic esters (lactones) is 1. The summed E-state index contributed by atoms with van der Waals surface area (Å²) < 4.78 is 97.2. The normalized spacial score (nSPS) is 33.9. The molecule has 2 bridgehead atoms. The molecular formula is C13H14F4O8S. The van der Waals surface area contributed by atoms with E-state index >= 15 is 0 Å². The smallest absolute Gasteiger partial charge is 0.431 e. The number of esters is 2. The molecule has 5 unspecified atom stereocenters. The van der Waals surface area contributed by atoms with Crippen LogP contribution in [0.25, 0.3) is 0 Å². The zero-order valence-corrected chi connectivity index (χ0v) is 13.8. The molecule has 26 heavy (non-hydrogen) atoms. The third-order valence-electron chi connectivity index (χ3n) is 4.82. The highest BCUT2D eigenvalue weighted by atomic mass is 32.2. The molecule has 0 aromatic carbocycles. The van der Waals surface area contributed by atoms with Crippen LogP contribution in [0.2, 0.25) is 0 Å². The molecule has 148 valence electrons. The fraction of sp³-hybridized carbons (Fsp3) is 0.846. The summed E-state index contributed by atoms with van der Waals surface area (Å²) in [5.74, 6) is -7.76. The Morgan fingerprint density at radius 3 is 2.58 bits per heavy atom. The van der Waals surface area contributed by atoms with Crippen molar-refractivity contribution in [2.45, 2.75) is 48.8 Å². The Hall–Kier alpha value is -1.47. The molecule has 0 aliphatic carbocycles. The van der Waals surface area contributed by atoms with Crippen molar-refractivity contribution in [2.24, 2.45) is 11.8 Å². The molecule has 0 aromatic rings. The lowest BCUT2D eigenvalue weighted by molar-refractivity contribution is -0.174. The second kappa shape index (κ2) is 6.02. The van der Waals surface area contributed by atoms with Gasteiger partial charge in [-0.3, -0.25) is 14.1 Å². The number of carbonyl (C=O) groups excluding carboxylic acids is 2.